The molecule has 9 N–H and O–H groups in total. The molecule has 0 saturated carbocycles. The van der Waals surface area contributed by atoms with Crippen LogP contribution < -0.4 is 27.4 Å². The third kappa shape index (κ3) is 8.80. The van der Waals surface area contributed by atoms with Crippen LogP contribution in [0, 0.1) is 22.6 Å². The van der Waals surface area contributed by atoms with Crippen LogP contribution in [0.1, 0.15) is 63.8 Å². The van der Waals surface area contributed by atoms with Crippen LogP contribution in [0.5, 0.6) is 0 Å². The number of carbonyl (C=O) groups is 2. The van der Waals surface area contributed by atoms with Gasteiger partial charge in [-0.2, -0.15) is 0 Å². The number of nitrogens with two attached hydrogens (primary N) is 2. The Balaban J connectivity index is 1.80. The second kappa shape index (κ2) is 13.6. The van der Waals surface area contributed by atoms with Crippen molar-refractivity contribution in [1.82, 2.24) is 15.5 Å². The zero-order valence-corrected chi connectivity index (χ0v) is 26.0. The zero-order chi connectivity index (χ0) is 32.1. The molecule has 2 amide bonds. The molecule has 0 unspecified atom stereocenters. The summed E-state index contributed by atoms with van der Waals surface area (Å²) in [5.41, 5.74) is 13.4. The molecule has 13 heteroatoms. The summed E-state index contributed by atoms with van der Waals surface area (Å²) in [6, 6.07) is 8.94. The lowest BCUT2D eigenvalue weighted by Crippen LogP contribution is -2.53. The van der Waals surface area contributed by atoms with Crippen molar-refractivity contribution in [3.05, 3.63) is 63.9 Å². The van der Waals surface area contributed by atoms with Crippen molar-refractivity contribution in [1.29, 1.82) is 10.8 Å². The van der Waals surface area contributed by atoms with E-state index in [-0.39, 0.29) is 40.7 Å². The van der Waals surface area contributed by atoms with E-state index in [1.54, 1.807) is 4.90 Å². The summed E-state index contributed by atoms with van der Waals surface area (Å²) < 4.78 is 19.9. The van der Waals surface area contributed by atoms with Gasteiger partial charge in [0.1, 0.15) is 5.82 Å². The summed E-state index contributed by atoms with van der Waals surface area (Å²) >= 11 is 5.70. The average molecular weight is 617 g/mol. The first-order valence-corrected chi connectivity index (χ1v) is 14.4. The van der Waals surface area contributed by atoms with Crippen molar-refractivity contribution >= 4 is 41.0 Å². The number of nitrogens with one attached hydrogen (secondary N) is 5. The molecule has 0 radical (unpaired) electrons. The molecule has 2 aromatic carbocycles. The van der Waals surface area contributed by atoms with Crippen molar-refractivity contribution in [2.45, 2.75) is 71.2 Å². The van der Waals surface area contributed by atoms with E-state index < -0.39 is 29.2 Å². The van der Waals surface area contributed by atoms with Gasteiger partial charge in [0, 0.05) is 24.7 Å². The fraction of sp³-hybridized carbons (Fsp3) is 0.467. The predicted molar refractivity (Wildman–Crippen MR) is 166 cm³/mol. The maximum absolute atomic E-state index is 13.8. The molecule has 0 aliphatic heterocycles. The van der Waals surface area contributed by atoms with Crippen LogP contribution in [0.15, 0.2) is 36.4 Å². The lowest BCUT2D eigenvalue weighted by atomic mass is 9.99. The van der Waals surface area contributed by atoms with E-state index >= 15 is 0 Å². The van der Waals surface area contributed by atoms with E-state index in [9.17, 15) is 14.0 Å². The molecule has 0 bridgehead atoms. The first-order chi connectivity index (χ1) is 20.0. The minimum atomic E-state index is -0.960. The highest BCUT2D eigenvalue weighted by atomic mass is 35.5. The summed E-state index contributed by atoms with van der Waals surface area (Å²) in [5, 5.41) is 23.7. The van der Waals surface area contributed by atoms with Gasteiger partial charge in [0.15, 0.2) is 11.9 Å². The molecule has 0 aromatic heterocycles. The van der Waals surface area contributed by atoms with Crippen molar-refractivity contribution in [3.8, 4) is 0 Å². The van der Waals surface area contributed by atoms with Gasteiger partial charge in [-0.15, -0.1) is 0 Å². The average Bonchev–Trinajstić information content (AvgIpc) is 3.27. The predicted octanol–water partition coefficient (Wildman–Crippen LogP) is 3.61. The Labute approximate surface area is 256 Å². The number of rotatable bonds is 11. The van der Waals surface area contributed by atoms with Gasteiger partial charge in [0.25, 0.3) is 0 Å². The molecule has 1 aliphatic carbocycles. The number of ether oxygens (including phenoxy) is 1. The summed E-state index contributed by atoms with van der Waals surface area (Å²) in [7, 11) is 0. The first kappa shape index (κ1) is 33.6. The Morgan fingerprint density at radius 3 is 2.42 bits per heavy atom. The molecule has 1 aliphatic rings. The van der Waals surface area contributed by atoms with Crippen LogP contribution in [0.25, 0.3) is 0 Å². The van der Waals surface area contributed by atoms with Gasteiger partial charge >= 0.3 is 11.8 Å². The van der Waals surface area contributed by atoms with E-state index in [2.05, 4.69) is 22.9 Å². The summed E-state index contributed by atoms with van der Waals surface area (Å²) in [6.45, 7) is 11.1. The van der Waals surface area contributed by atoms with Crippen LogP contribution in [0.3, 0.4) is 0 Å². The Bertz CT molecular complexity index is 1380. The van der Waals surface area contributed by atoms with Crippen LogP contribution in [-0.4, -0.2) is 52.9 Å². The van der Waals surface area contributed by atoms with Crippen LogP contribution in [0.2, 0.25) is 5.02 Å². The molecule has 2 aromatic rings. The lowest BCUT2D eigenvalue weighted by molar-refractivity contribution is -0.136. The molecular formula is C30H42ClFN8O3. The topological polar surface area (TPSA) is 182 Å². The van der Waals surface area contributed by atoms with Crippen molar-refractivity contribution in [2.75, 3.05) is 18.5 Å². The SMILES string of the molecule is CCC(C)(C)OCC(C)(C)N(Cc1ccc2c(c1)C[C@H](CNC(=N)N)[C@H]2NC(=O)C(=O)Nc1ccc(Cl)c(F)c1)C(=N)N. The van der Waals surface area contributed by atoms with Crippen molar-refractivity contribution < 1.29 is 18.7 Å². The highest BCUT2D eigenvalue weighted by molar-refractivity contribution is 6.39. The molecule has 0 heterocycles. The molecular weight excluding hydrogens is 575 g/mol. The quantitative estimate of drug-likeness (QED) is 0.114. The van der Waals surface area contributed by atoms with Gasteiger partial charge in [-0.25, -0.2) is 4.39 Å². The van der Waals surface area contributed by atoms with Crippen LogP contribution in [-0.2, 0) is 27.3 Å². The van der Waals surface area contributed by atoms with E-state index in [1.807, 2.05) is 45.9 Å². The number of nitrogens with zero attached hydrogens (tertiary/aromatic N) is 1. The van der Waals surface area contributed by atoms with Gasteiger partial charge in [0.05, 0.1) is 28.8 Å². The Hall–Kier alpha value is -3.90. The number of fused-ring (bicyclic) bond motifs is 1. The van der Waals surface area contributed by atoms with E-state index in [0.29, 0.717) is 19.6 Å². The molecule has 3 rings (SSSR count). The second-order valence-electron chi connectivity index (χ2n) is 12.0. The third-order valence-corrected chi connectivity index (χ3v) is 8.06. The van der Waals surface area contributed by atoms with E-state index in [4.69, 9.17) is 38.6 Å². The number of amides is 2. The number of anilines is 1. The second-order valence-corrected chi connectivity index (χ2v) is 12.4. The molecule has 0 spiro atoms. The first-order valence-electron chi connectivity index (χ1n) is 14.0. The van der Waals surface area contributed by atoms with Gasteiger partial charge in [-0.3, -0.25) is 20.4 Å². The van der Waals surface area contributed by atoms with E-state index in [0.717, 1.165) is 29.2 Å². The highest BCUT2D eigenvalue weighted by Gasteiger charge is 2.36. The van der Waals surface area contributed by atoms with Crippen LogP contribution in [0.4, 0.5) is 10.1 Å². The summed E-state index contributed by atoms with van der Waals surface area (Å²) in [5.74, 6) is -3.09. The van der Waals surface area contributed by atoms with Gasteiger partial charge in [-0.1, -0.05) is 36.7 Å². The minimum Gasteiger partial charge on any atom is -0.373 e. The molecule has 0 fully saturated rings. The van der Waals surface area contributed by atoms with Gasteiger partial charge < -0.3 is 37.1 Å². The maximum Gasteiger partial charge on any atom is 0.313 e. The largest absolute Gasteiger partial charge is 0.373 e. The molecule has 0 saturated heterocycles. The number of hydrogen-bond acceptors (Lipinski definition) is 5. The number of carbonyl (C=O) groups excluding carboxylic acids is 2. The summed E-state index contributed by atoms with van der Waals surface area (Å²) in [6.07, 6.45) is 1.38. The fourth-order valence-electron chi connectivity index (χ4n) is 4.85. The maximum atomic E-state index is 13.8. The Morgan fingerprint density at radius 2 is 1.81 bits per heavy atom. The number of halogens is 2. The standard InChI is InChI=1S/C30H42ClFN8O3/c1-6-30(4,5)43-16-29(2,3)40(28(35)36)15-17-7-9-21-18(11-17)12-19(14-37-27(33)34)24(21)39-26(42)25(41)38-20-8-10-22(31)23(32)13-20/h7-11,13,19,24H,6,12,14-16H2,1-5H3,(H3,35,36)(H,38,41)(H,39,42)(H4,33,34,37)/t19-,24-/m1/s1. The number of benzene rings is 2. The van der Waals surface area contributed by atoms with Crippen molar-refractivity contribution in [3.63, 3.8) is 0 Å². The fourth-order valence-corrected chi connectivity index (χ4v) is 4.96. The Kier molecular flexibility index (Phi) is 10.6. The monoisotopic (exact) mass is 616 g/mol. The summed E-state index contributed by atoms with van der Waals surface area (Å²) in [4.78, 5) is 27.4. The van der Waals surface area contributed by atoms with Crippen LogP contribution >= 0.6 is 11.6 Å². The third-order valence-electron chi connectivity index (χ3n) is 7.75. The Morgan fingerprint density at radius 1 is 1.12 bits per heavy atom. The highest BCUT2D eigenvalue weighted by Crippen LogP contribution is 2.37. The molecule has 2 atom stereocenters. The van der Waals surface area contributed by atoms with E-state index in [1.165, 1.54) is 12.1 Å². The van der Waals surface area contributed by atoms with Gasteiger partial charge in [0.2, 0.25) is 0 Å². The molecule has 43 heavy (non-hydrogen) atoms. The van der Waals surface area contributed by atoms with Crippen molar-refractivity contribution in [2.24, 2.45) is 17.4 Å². The smallest absolute Gasteiger partial charge is 0.313 e. The molecule has 11 nitrogen and oxygen atoms in total. The number of guanidine groups is 2. The lowest BCUT2D eigenvalue weighted by Gasteiger charge is -2.41. The normalized spacial score (nSPS) is 16.3. The zero-order valence-electron chi connectivity index (χ0n) is 25.2. The minimum absolute atomic E-state index is 0.0799. The van der Waals surface area contributed by atoms with Gasteiger partial charge in [-0.05, 0) is 75.4 Å². The number of hydrogen-bond donors (Lipinski definition) is 7. The molecule has 234 valence electrons.